The molecular weight excluding hydrogens is 417 g/mol. The van der Waals surface area contributed by atoms with Gasteiger partial charge in [0.25, 0.3) is 5.91 Å². The van der Waals surface area contributed by atoms with Crippen LogP contribution in [0.1, 0.15) is 17.5 Å². The molecule has 2 aliphatic rings. The second-order valence-electron chi connectivity index (χ2n) is 6.56. The fourth-order valence-corrected chi connectivity index (χ4v) is 3.99. The van der Waals surface area contributed by atoms with E-state index in [4.69, 9.17) is 0 Å². The maximum absolute atomic E-state index is 13.9. The molecule has 1 spiro atoms. The van der Waals surface area contributed by atoms with Crippen LogP contribution >= 0.6 is 15.9 Å². The topological polar surface area (TPSA) is 78.5 Å². The van der Waals surface area contributed by atoms with Crippen LogP contribution in [0.4, 0.5) is 14.9 Å². The van der Waals surface area contributed by atoms with Gasteiger partial charge in [-0.15, -0.1) is 0 Å². The summed E-state index contributed by atoms with van der Waals surface area (Å²) >= 11 is 3.14. The van der Waals surface area contributed by atoms with Gasteiger partial charge in [0.2, 0.25) is 5.91 Å². The molecule has 8 heteroatoms. The Morgan fingerprint density at radius 3 is 2.81 bits per heavy atom. The van der Waals surface area contributed by atoms with Gasteiger partial charge in [-0.2, -0.15) is 0 Å². The van der Waals surface area contributed by atoms with Crippen LogP contribution in [0.2, 0.25) is 0 Å². The van der Waals surface area contributed by atoms with Crippen LogP contribution in [0.15, 0.2) is 46.9 Å². The van der Waals surface area contributed by atoms with Gasteiger partial charge >= 0.3 is 6.03 Å². The summed E-state index contributed by atoms with van der Waals surface area (Å²) in [5.41, 5.74) is 0.646. The summed E-state index contributed by atoms with van der Waals surface area (Å²) in [7, 11) is 0. The predicted molar refractivity (Wildman–Crippen MR) is 99.4 cm³/mol. The summed E-state index contributed by atoms with van der Waals surface area (Å²) in [6.45, 7) is -0.482. The molecule has 6 nitrogen and oxygen atoms in total. The van der Waals surface area contributed by atoms with Crippen LogP contribution in [0.3, 0.4) is 0 Å². The number of anilines is 1. The van der Waals surface area contributed by atoms with E-state index in [1.54, 1.807) is 6.07 Å². The third-order valence-electron chi connectivity index (χ3n) is 4.93. The molecule has 0 unspecified atom stereocenters. The number of halogens is 2. The number of carbonyl (C=O) groups is 3. The Morgan fingerprint density at radius 2 is 2.04 bits per heavy atom. The Bertz CT molecular complexity index is 980. The van der Waals surface area contributed by atoms with E-state index in [2.05, 4.69) is 26.6 Å². The van der Waals surface area contributed by atoms with Crippen molar-refractivity contribution in [3.63, 3.8) is 0 Å². The molecule has 1 saturated heterocycles. The van der Waals surface area contributed by atoms with E-state index in [1.807, 2.05) is 24.3 Å². The van der Waals surface area contributed by atoms with E-state index >= 15 is 0 Å². The van der Waals surface area contributed by atoms with Gasteiger partial charge in [0, 0.05) is 4.47 Å². The molecule has 1 aliphatic carbocycles. The smallest absolute Gasteiger partial charge is 0.322 e. The molecule has 1 heterocycles. The molecule has 4 rings (SSSR count). The van der Waals surface area contributed by atoms with Crippen molar-refractivity contribution in [2.24, 2.45) is 0 Å². The second kappa shape index (κ2) is 6.45. The van der Waals surface area contributed by atoms with Crippen molar-refractivity contribution in [3.8, 4) is 0 Å². The number of imide groups is 1. The zero-order valence-electron chi connectivity index (χ0n) is 14.1. The van der Waals surface area contributed by atoms with Crippen LogP contribution in [0.5, 0.6) is 0 Å². The molecular formula is C19H15BrFN3O3. The first-order valence-electron chi connectivity index (χ1n) is 8.38. The molecule has 1 fully saturated rings. The molecule has 0 saturated carbocycles. The lowest BCUT2D eigenvalue weighted by atomic mass is 9.92. The lowest BCUT2D eigenvalue weighted by Crippen LogP contribution is -2.43. The Hall–Kier alpha value is -2.74. The summed E-state index contributed by atoms with van der Waals surface area (Å²) in [5, 5.41) is 5.15. The van der Waals surface area contributed by atoms with Crippen LogP contribution in [-0.2, 0) is 21.5 Å². The third kappa shape index (κ3) is 2.90. The quantitative estimate of drug-likeness (QED) is 0.733. The SMILES string of the molecule is O=C(CN1C(=O)N[C@]2(CCc3ccccc32)C1=O)Nc1ccc(Br)cc1F. The van der Waals surface area contributed by atoms with E-state index in [-0.39, 0.29) is 5.69 Å². The molecule has 2 aromatic carbocycles. The van der Waals surface area contributed by atoms with Crippen molar-refractivity contribution in [3.05, 3.63) is 63.9 Å². The molecule has 0 radical (unpaired) electrons. The van der Waals surface area contributed by atoms with E-state index in [0.29, 0.717) is 17.3 Å². The standard InChI is InChI=1S/C19H15BrFN3O3/c20-12-5-6-15(14(21)9-12)22-16(25)10-24-17(26)19(23-18(24)27)8-7-11-3-1-2-4-13(11)19/h1-6,9H,7-8,10H2,(H,22,25)(H,23,27)/t19-/m0/s1. The maximum Gasteiger partial charge on any atom is 0.325 e. The highest BCUT2D eigenvalue weighted by Gasteiger charge is 2.55. The van der Waals surface area contributed by atoms with Crippen LogP contribution in [0.25, 0.3) is 0 Å². The van der Waals surface area contributed by atoms with Gasteiger partial charge in [-0.25, -0.2) is 9.18 Å². The van der Waals surface area contributed by atoms with Crippen LogP contribution < -0.4 is 10.6 Å². The average Bonchev–Trinajstić information content (AvgIpc) is 3.11. The highest BCUT2D eigenvalue weighted by atomic mass is 79.9. The van der Waals surface area contributed by atoms with Crippen molar-refractivity contribution in [2.75, 3.05) is 11.9 Å². The Kier molecular flexibility index (Phi) is 4.22. The fraction of sp³-hybridized carbons (Fsp3) is 0.211. The molecule has 27 heavy (non-hydrogen) atoms. The number of amides is 4. The molecule has 1 atom stereocenters. The van der Waals surface area contributed by atoms with Crippen molar-refractivity contribution >= 4 is 39.5 Å². The minimum atomic E-state index is -1.11. The zero-order chi connectivity index (χ0) is 19.2. The van der Waals surface area contributed by atoms with E-state index < -0.39 is 35.7 Å². The number of fused-ring (bicyclic) bond motifs is 2. The minimum absolute atomic E-state index is 0.0174. The number of aryl methyl sites for hydroxylation is 1. The second-order valence-corrected chi connectivity index (χ2v) is 7.47. The molecule has 4 amide bonds. The molecule has 0 bridgehead atoms. The van der Waals surface area contributed by atoms with Gasteiger partial charge < -0.3 is 10.6 Å². The van der Waals surface area contributed by atoms with Gasteiger partial charge in [0.15, 0.2) is 0 Å². The highest BCUT2D eigenvalue weighted by molar-refractivity contribution is 9.10. The summed E-state index contributed by atoms with van der Waals surface area (Å²) < 4.78 is 14.4. The first kappa shape index (κ1) is 17.7. The van der Waals surface area contributed by atoms with Crippen molar-refractivity contribution in [1.82, 2.24) is 10.2 Å². The highest BCUT2D eigenvalue weighted by Crippen LogP contribution is 2.41. The largest absolute Gasteiger partial charge is 0.325 e. The zero-order valence-corrected chi connectivity index (χ0v) is 15.7. The minimum Gasteiger partial charge on any atom is -0.322 e. The van der Waals surface area contributed by atoms with Crippen molar-refractivity contribution < 1.29 is 18.8 Å². The molecule has 2 N–H and O–H groups in total. The monoisotopic (exact) mass is 431 g/mol. The van der Waals surface area contributed by atoms with Crippen LogP contribution in [-0.4, -0.2) is 29.3 Å². The lowest BCUT2D eigenvalue weighted by Gasteiger charge is -2.22. The summed E-state index contributed by atoms with van der Waals surface area (Å²) in [6, 6.07) is 11.0. The molecule has 2 aromatic rings. The predicted octanol–water partition coefficient (Wildman–Crippen LogP) is 2.92. The number of hydrogen-bond acceptors (Lipinski definition) is 3. The Labute approximate surface area is 162 Å². The van der Waals surface area contributed by atoms with E-state index in [9.17, 15) is 18.8 Å². The van der Waals surface area contributed by atoms with Crippen molar-refractivity contribution in [2.45, 2.75) is 18.4 Å². The van der Waals surface area contributed by atoms with Crippen molar-refractivity contribution in [1.29, 1.82) is 0 Å². The first-order valence-corrected chi connectivity index (χ1v) is 9.17. The molecule has 0 aromatic heterocycles. The molecule has 1 aliphatic heterocycles. The van der Waals surface area contributed by atoms with Gasteiger partial charge in [-0.05, 0) is 42.2 Å². The van der Waals surface area contributed by atoms with E-state index in [1.165, 1.54) is 12.1 Å². The number of rotatable bonds is 3. The summed E-state index contributed by atoms with van der Waals surface area (Å²) in [4.78, 5) is 38.5. The summed E-state index contributed by atoms with van der Waals surface area (Å²) in [6.07, 6.45) is 1.13. The van der Waals surface area contributed by atoms with Gasteiger partial charge in [0.1, 0.15) is 17.9 Å². The fourth-order valence-electron chi connectivity index (χ4n) is 3.66. The number of carbonyl (C=O) groups excluding carboxylic acids is 3. The lowest BCUT2D eigenvalue weighted by molar-refractivity contribution is -0.134. The number of hydrogen-bond donors (Lipinski definition) is 2. The van der Waals surface area contributed by atoms with Gasteiger partial charge in [-0.1, -0.05) is 40.2 Å². The van der Waals surface area contributed by atoms with Gasteiger partial charge in [-0.3, -0.25) is 14.5 Å². The maximum atomic E-state index is 13.9. The third-order valence-corrected chi connectivity index (χ3v) is 5.42. The Morgan fingerprint density at radius 1 is 1.26 bits per heavy atom. The first-order chi connectivity index (χ1) is 12.9. The number of nitrogens with zero attached hydrogens (tertiary/aromatic N) is 1. The summed E-state index contributed by atoms with van der Waals surface area (Å²) in [5.74, 6) is -1.72. The van der Waals surface area contributed by atoms with E-state index in [0.717, 1.165) is 16.0 Å². The molecule has 138 valence electrons. The number of urea groups is 1. The Balaban J connectivity index is 1.53. The van der Waals surface area contributed by atoms with Gasteiger partial charge in [0.05, 0.1) is 5.69 Å². The normalized spacial score (nSPS) is 20.7. The average molecular weight is 432 g/mol. The number of nitrogens with one attached hydrogen (secondary N) is 2. The number of benzene rings is 2. The van der Waals surface area contributed by atoms with Crippen LogP contribution in [0, 0.1) is 5.82 Å².